The highest BCUT2D eigenvalue weighted by atomic mass is 16.5. The van der Waals surface area contributed by atoms with Crippen LogP contribution < -0.4 is 0 Å². The zero-order valence-corrected chi connectivity index (χ0v) is 7.92. The van der Waals surface area contributed by atoms with Crippen LogP contribution in [0.2, 0.25) is 0 Å². The van der Waals surface area contributed by atoms with Gasteiger partial charge in [0.15, 0.2) is 0 Å². The Morgan fingerprint density at radius 2 is 2.00 bits per heavy atom. The standard InChI is InChI=1S/C12H14O/c1-2-3-7-10-13-11-12-8-5-4-6-9-12/h4-6,8-9H,2-3,11H2,1H3. The quantitative estimate of drug-likeness (QED) is 0.640. The third-order valence-corrected chi connectivity index (χ3v) is 1.60. The first-order valence-electron chi connectivity index (χ1n) is 4.57. The molecule has 1 heteroatoms. The van der Waals surface area contributed by atoms with Gasteiger partial charge in [0.1, 0.15) is 12.7 Å². The average Bonchev–Trinajstić information content (AvgIpc) is 2.19. The van der Waals surface area contributed by atoms with Gasteiger partial charge in [0, 0.05) is 6.42 Å². The van der Waals surface area contributed by atoms with E-state index in [1.807, 2.05) is 30.3 Å². The Hall–Kier alpha value is -1.42. The number of hydrogen-bond donors (Lipinski definition) is 0. The van der Waals surface area contributed by atoms with E-state index in [0.717, 1.165) is 18.4 Å². The SMILES string of the molecule is CCCC#COCc1ccccc1. The number of ether oxygens (including phenoxy) is 1. The summed E-state index contributed by atoms with van der Waals surface area (Å²) in [5, 5.41) is 0. The van der Waals surface area contributed by atoms with Crippen LogP contribution in [0.1, 0.15) is 25.3 Å². The Morgan fingerprint density at radius 3 is 2.69 bits per heavy atom. The molecule has 0 spiro atoms. The van der Waals surface area contributed by atoms with Crippen molar-refractivity contribution in [3.8, 4) is 12.0 Å². The van der Waals surface area contributed by atoms with E-state index in [2.05, 4.69) is 19.0 Å². The van der Waals surface area contributed by atoms with Gasteiger partial charge in [-0.1, -0.05) is 43.2 Å². The molecule has 0 saturated heterocycles. The van der Waals surface area contributed by atoms with E-state index in [-0.39, 0.29) is 0 Å². The maximum absolute atomic E-state index is 5.16. The minimum absolute atomic E-state index is 0.581. The second-order valence-corrected chi connectivity index (χ2v) is 2.80. The minimum atomic E-state index is 0.581. The van der Waals surface area contributed by atoms with Gasteiger partial charge in [0.05, 0.1) is 0 Å². The van der Waals surface area contributed by atoms with Crippen LogP contribution in [0.15, 0.2) is 30.3 Å². The molecular weight excluding hydrogens is 160 g/mol. The number of benzene rings is 1. The van der Waals surface area contributed by atoms with Crippen LogP contribution in [0.5, 0.6) is 0 Å². The van der Waals surface area contributed by atoms with Crippen molar-refractivity contribution < 1.29 is 4.74 Å². The summed E-state index contributed by atoms with van der Waals surface area (Å²) in [5.41, 5.74) is 1.16. The molecule has 0 bridgehead atoms. The normalized spacial score (nSPS) is 8.69. The van der Waals surface area contributed by atoms with Crippen LogP contribution in [0.25, 0.3) is 0 Å². The Labute approximate surface area is 79.7 Å². The fraction of sp³-hybridized carbons (Fsp3) is 0.333. The monoisotopic (exact) mass is 174 g/mol. The van der Waals surface area contributed by atoms with Crippen LogP contribution in [-0.4, -0.2) is 0 Å². The molecule has 0 amide bonds. The molecule has 0 fully saturated rings. The molecule has 0 aromatic heterocycles. The maximum atomic E-state index is 5.16. The molecule has 1 nitrogen and oxygen atoms in total. The minimum Gasteiger partial charge on any atom is -0.442 e. The lowest BCUT2D eigenvalue weighted by atomic mass is 10.2. The summed E-state index contributed by atoms with van der Waals surface area (Å²) in [4.78, 5) is 0. The van der Waals surface area contributed by atoms with E-state index in [4.69, 9.17) is 4.74 Å². The molecule has 1 aromatic carbocycles. The summed E-state index contributed by atoms with van der Waals surface area (Å²) >= 11 is 0. The highest BCUT2D eigenvalue weighted by Crippen LogP contribution is 1.99. The lowest BCUT2D eigenvalue weighted by Crippen LogP contribution is -1.85. The predicted molar refractivity (Wildman–Crippen MR) is 53.9 cm³/mol. The van der Waals surface area contributed by atoms with E-state index in [1.165, 1.54) is 0 Å². The average molecular weight is 174 g/mol. The zero-order chi connectivity index (χ0) is 9.36. The van der Waals surface area contributed by atoms with Crippen molar-refractivity contribution >= 4 is 0 Å². The van der Waals surface area contributed by atoms with E-state index >= 15 is 0 Å². The van der Waals surface area contributed by atoms with Crippen molar-refractivity contribution in [2.75, 3.05) is 0 Å². The maximum Gasteiger partial charge on any atom is 0.125 e. The van der Waals surface area contributed by atoms with Crippen LogP contribution in [0.3, 0.4) is 0 Å². The fourth-order valence-electron chi connectivity index (χ4n) is 0.921. The Bertz CT molecular complexity index is 279. The highest BCUT2D eigenvalue weighted by molar-refractivity contribution is 5.13. The second kappa shape index (κ2) is 6.14. The molecule has 1 rings (SSSR count). The Kier molecular flexibility index (Phi) is 4.56. The summed E-state index contributed by atoms with van der Waals surface area (Å²) in [6.45, 7) is 2.68. The van der Waals surface area contributed by atoms with Gasteiger partial charge in [-0.25, -0.2) is 0 Å². The molecule has 0 aliphatic heterocycles. The zero-order valence-electron chi connectivity index (χ0n) is 7.92. The summed E-state index contributed by atoms with van der Waals surface area (Å²) in [7, 11) is 0. The first-order valence-corrected chi connectivity index (χ1v) is 4.57. The molecule has 0 aliphatic carbocycles. The van der Waals surface area contributed by atoms with Gasteiger partial charge < -0.3 is 4.74 Å². The van der Waals surface area contributed by atoms with E-state index in [9.17, 15) is 0 Å². The number of hydrogen-bond acceptors (Lipinski definition) is 1. The molecule has 0 heterocycles. The summed E-state index contributed by atoms with van der Waals surface area (Å²) < 4.78 is 5.16. The fourth-order valence-corrected chi connectivity index (χ4v) is 0.921. The van der Waals surface area contributed by atoms with Crippen LogP contribution >= 0.6 is 0 Å². The third kappa shape index (κ3) is 4.22. The molecule has 0 unspecified atom stereocenters. The molecule has 0 saturated carbocycles. The van der Waals surface area contributed by atoms with Gasteiger partial charge in [-0.3, -0.25) is 0 Å². The van der Waals surface area contributed by atoms with Gasteiger partial charge in [-0.05, 0) is 12.0 Å². The van der Waals surface area contributed by atoms with Crippen LogP contribution in [-0.2, 0) is 11.3 Å². The molecule has 0 N–H and O–H groups in total. The lowest BCUT2D eigenvalue weighted by Gasteiger charge is -1.96. The number of unbranched alkanes of at least 4 members (excludes halogenated alkanes) is 1. The van der Waals surface area contributed by atoms with Crippen molar-refractivity contribution in [3.63, 3.8) is 0 Å². The summed E-state index contributed by atoms with van der Waals surface area (Å²) in [6.07, 6.45) is 4.68. The van der Waals surface area contributed by atoms with E-state index < -0.39 is 0 Å². The molecule has 13 heavy (non-hydrogen) atoms. The molecular formula is C12H14O. The van der Waals surface area contributed by atoms with Crippen molar-refractivity contribution in [2.24, 2.45) is 0 Å². The highest BCUT2D eigenvalue weighted by Gasteiger charge is 1.87. The van der Waals surface area contributed by atoms with Gasteiger partial charge in [0.2, 0.25) is 0 Å². The summed E-state index contributed by atoms with van der Waals surface area (Å²) in [6, 6.07) is 10.0. The van der Waals surface area contributed by atoms with Crippen LogP contribution in [0, 0.1) is 12.0 Å². The Morgan fingerprint density at radius 1 is 1.23 bits per heavy atom. The van der Waals surface area contributed by atoms with Gasteiger partial charge in [0.25, 0.3) is 0 Å². The first kappa shape index (κ1) is 9.67. The summed E-state index contributed by atoms with van der Waals surface area (Å²) in [5.74, 6) is 2.93. The molecule has 0 aliphatic rings. The van der Waals surface area contributed by atoms with Crippen molar-refractivity contribution in [1.29, 1.82) is 0 Å². The topological polar surface area (TPSA) is 9.23 Å². The molecule has 68 valence electrons. The van der Waals surface area contributed by atoms with Gasteiger partial charge in [-0.15, -0.1) is 0 Å². The predicted octanol–water partition coefficient (Wildman–Crippen LogP) is 2.96. The Balaban J connectivity index is 2.25. The second-order valence-electron chi connectivity index (χ2n) is 2.80. The molecule has 1 aromatic rings. The van der Waals surface area contributed by atoms with Crippen molar-refractivity contribution in [2.45, 2.75) is 26.4 Å². The van der Waals surface area contributed by atoms with Gasteiger partial charge in [-0.2, -0.15) is 0 Å². The third-order valence-electron chi connectivity index (χ3n) is 1.60. The molecule has 0 atom stereocenters. The van der Waals surface area contributed by atoms with Crippen LogP contribution in [0.4, 0.5) is 0 Å². The molecule has 0 radical (unpaired) electrons. The number of rotatable bonds is 3. The van der Waals surface area contributed by atoms with E-state index in [0.29, 0.717) is 6.61 Å². The smallest absolute Gasteiger partial charge is 0.125 e. The van der Waals surface area contributed by atoms with E-state index in [1.54, 1.807) is 0 Å². The first-order chi connectivity index (χ1) is 6.43. The van der Waals surface area contributed by atoms with Gasteiger partial charge >= 0.3 is 0 Å². The lowest BCUT2D eigenvalue weighted by molar-refractivity contribution is 0.264. The van der Waals surface area contributed by atoms with Crippen molar-refractivity contribution in [1.82, 2.24) is 0 Å². The largest absolute Gasteiger partial charge is 0.442 e. The van der Waals surface area contributed by atoms with Crippen molar-refractivity contribution in [3.05, 3.63) is 35.9 Å².